The van der Waals surface area contributed by atoms with Gasteiger partial charge in [0.15, 0.2) is 16.7 Å². The Hall–Kier alpha value is -3.13. The molecule has 4 aromatic rings. The van der Waals surface area contributed by atoms with Crippen LogP contribution in [0, 0.1) is 0 Å². The largest absolute Gasteiger partial charge is 0.399 e. The second-order valence-corrected chi connectivity index (χ2v) is 6.04. The van der Waals surface area contributed by atoms with E-state index in [1.165, 1.54) is 0 Å². The van der Waals surface area contributed by atoms with Crippen molar-refractivity contribution in [2.75, 3.05) is 18.1 Å². The van der Waals surface area contributed by atoms with Crippen molar-refractivity contribution >= 4 is 34.1 Å². The molecule has 0 amide bonds. The predicted molar refractivity (Wildman–Crippen MR) is 101 cm³/mol. The van der Waals surface area contributed by atoms with E-state index in [0.717, 1.165) is 16.8 Å². The number of rotatable bonds is 4. The summed E-state index contributed by atoms with van der Waals surface area (Å²) in [5, 5.41) is 11.1. The van der Waals surface area contributed by atoms with Crippen molar-refractivity contribution in [3.8, 4) is 22.8 Å². The number of nitrogen functional groups attached to an aromatic ring is 1. The lowest BCUT2D eigenvalue weighted by molar-refractivity contribution is 0.310. The Morgan fingerprint density at radius 1 is 1.23 bits per heavy atom. The van der Waals surface area contributed by atoms with Crippen LogP contribution in [-0.2, 0) is 6.54 Å². The molecule has 1 aromatic carbocycles. The Kier molecular flexibility index (Phi) is 3.96. The van der Waals surface area contributed by atoms with Crippen LogP contribution in [0.4, 0.5) is 11.5 Å². The van der Waals surface area contributed by atoms with Gasteiger partial charge in [0.25, 0.3) is 0 Å². The van der Waals surface area contributed by atoms with Crippen LogP contribution >= 0.6 is 11.6 Å². The fourth-order valence-electron chi connectivity index (χ4n) is 2.93. The molecule has 3 N–H and O–H groups in total. The molecule has 0 radical (unpaired) electrons. The Morgan fingerprint density at radius 3 is 2.81 bits per heavy atom. The number of hydrogen-bond acceptors (Lipinski definition) is 7. The third-order valence-corrected chi connectivity index (χ3v) is 4.39. The van der Waals surface area contributed by atoms with Crippen LogP contribution in [0.1, 0.15) is 6.92 Å². The van der Waals surface area contributed by atoms with Crippen LogP contribution in [0.3, 0.4) is 0 Å². The number of aromatic nitrogens is 5. The molecule has 0 aliphatic rings. The summed E-state index contributed by atoms with van der Waals surface area (Å²) in [5.41, 5.74) is 10.1. The van der Waals surface area contributed by atoms with E-state index in [-0.39, 0.29) is 0 Å². The van der Waals surface area contributed by atoms with Gasteiger partial charge in [0.1, 0.15) is 5.52 Å². The van der Waals surface area contributed by atoms with Gasteiger partial charge in [-0.25, -0.2) is 14.6 Å². The second kappa shape index (κ2) is 6.30. The van der Waals surface area contributed by atoms with Crippen molar-refractivity contribution in [3.05, 3.63) is 35.5 Å². The molecule has 132 valence electrons. The van der Waals surface area contributed by atoms with E-state index in [1.807, 2.05) is 41.8 Å². The van der Waals surface area contributed by atoms with Gasteiger partial charge in [0, 0.05) is 24.8 Å². The maximum absolute atomic E-state index is 6.44. The van der Waals surface area contributed by atoms with Gasteiger partial charge in [-0.3, -0.25) is 0 Å². The quantitative estimate of drug-likeness (QED) is 0.419. The molecule has 9 heteroatoms. The summed E-state index contributed by atoms with van der Waals surface area (Å²) in [6, 6.07) is 9.46. The smallest absolute Gasteiger partial charge is 0.201 e. The van der Waals surface area contributed by atoms with Gasteiger partial charge >= 0.3 is 0 Å². The van der Waals surface area contributed by atoms with Crippen LogP contribution in [0.15, 0.2) is 35.0 Å². The van der Waals surface area contributed by atoms with Crippen LogP contribution in [-0.4, -0.2) is 31.9 Å². The molecule has 0 saturated heterocycles. The molecule has 3 aromatic heterocycles. The first-order chi connectivity index (χ1) is 12.6. The minimum atomic E-state index is 0.316. The minimum Gasteiger partial charge on any atom is -0.399 e. The lowest BCUT2D eigenvalue weighted by Gasteiger charge is -2.07. The van der Waals surface area contributed by atoms with E-state index in [0.29, 0.717) is 40.2 Å². The first kappa shape index (κ1) is 16.3. The van der Waals surface area contributed by atoms with Gasteiger partial charge in [0.2, 0.25) is 5.82 Å². The van der Waals surface area contributed by atoms with Crippen LogP contribution in [0.2, 0.25) is 5.15 Å². The molecular weight excluding hydrogens is 354 g/mol. The second-order valence-electron chi connectivity index (χ2n) is 5.68. The summed E-state index contributed by atoms with van der Waals surface area (Å²) in [7, 11) is 1.74. The summed E-state index contributed by atoms with van der Waals surface area (Å²) in [6.45, 7) is 2.68. The predicted octanol–water partition coefficient (Wildman–Crippen LogP) is 3.45. The van der Waals surface area contributed by atoms with Gasteiger partial charge in [-0.1, -0.05) is 23.7 Å². The van der Waals surface area contributed by atoms with Crippen molar-refractivity contribution in [2.24, 2.45) is 0 Å². The van der Waals surface area contributed by atoms with Crippen molar-refractivity contribution in [1.82, 2.24) is 24.8 Å². The number of pyridine rings is 1. The molecule has 0 fully saturated rings. The highest BCUT2D eigenvalue weighted by molar-refractivity contribution is 6.34. The summed E-state index contributed by atoms with van der Waals surface area (Å²) >= 11 is 6.44. The zero-order valence-electron chi connectivity index (χ0n) is 14.2. The molecule has 0 aliphatic carbocycles. The van der Waals surface area contributed by atoms with Gasteiger partial charge in [-0.15, -0.1) is 0 Å². The number of benzene rings is 1. The number of nitrogens with zero attached hydrogens (tertiary/aromatic N) is 5. The van der Waals surface area contributed by atoms with E-state index in [4.69, 9.17) is 22.0 Å². The maximum atomic E-state index is 6.44. The van der Waals surface area contributed by atoms with Gasteiger partial charge in [0.05, 0.1) is 11.2 Å². The van der Waals surface area contributed by atoms with Crippen molar-refractivity contribution in [1.29, 1.82) is 0 Å². The maximum Gasteiger partial charge on any atom is 0.201 e. The molecule has 0 spiro atoms. The minimum absolute atomic E-state index is 0.316. The van der Waals surface area contributed by atoms with E-state index in [1.54, 1.807) is 7.05 Å². The molecule has 0 bridgehead atoms. The molecule has 0 atom stereocenters. The van der Waals surface area contributed by atoms with Gasteiger partial charge in [-0.05, 0) is 35.4 Å². The number of hydrogen-bond donors (Lipinski definition) is 2. The third-order valence-electron chi connectivity index (χ3n) is 4.13. The number of anilines is 2. The summed E-state index contributed by atoms with van der Waals surface area (Å²) in [6.07, 6.45) is 0. The van der Waals surface area contributed by atoms with Crippen LogP contribution in [0.25, 0.3) is 33.8 Å². The SMILES string of the molecule is CCn1c(-c2nonc2NC)nc2c(Cl)nc(-c3cccc(N)c3)cc21. The average Bonchev–Trinajstić information content (AvgIpc) is 3.25. The lowest BCUT2D eigenvalue weighted by Crippen LogP contribution is -2.00. The van der Waals surface area contributed by atoms with Gasteiger partial charge in [-0.2, -0.15) is 0 Å². The van der Waals surface area contributed by atoms with E-state index >= 15 is 0 Å². The van der Waals surface area contributed by atoms with E-state index < -0.39 is 0 Å². The van der Waals surface area contributed by atoms with Crippen molar-refractivity contribution in [2.45, 2.75) is 13.5 Å². The number of imidazole rings is 1. The molecule has 4 rings (SSSR count). The third kappa shape index (κ3) is 2.55. The fourth-order valence-corrected chi connectivity index (χ4v) is 3.16. The highest BCUT2D eigenvalue weighted by Crippen LogP contribution is 2.33. The van der Waals surface area contributed by atoms with E-state index in [9.17, 15) is 0 Å². The summed E-state index contributed by atoms with van der Waals surface area (Å²) in [4.78, 5) is 9.11. The molecule has 8 nitrogen and oxygen atoms in total. The first-order valence-corrected chi connectivity index (χ1v) is 8.43. The Bertz CT molecular complexity index is 1100. The molecule has 3 heterocycles. The highest BCUT2D eigenvalue weighted by Gasteiger charge is 2.21. The zero-order chi connectivity index (χ0) is 18.3. The van der Waals surface area contributed by atoms with Crippen molar-refractivity contribution in [3.63, 3.8) is 0 Å². The molecule has 0 aliphatic heterocycles. The monoisotopic (exact) mass is 369 g/mol. The fraction of sp³-hybridized carbons (Fsp3) is 0.176. The van der Waals surface area contributed by atoms with Crippen LogP contribution in [0.5, 0.6) is 0 Å². The number of halogens is 1. The molecular formula is C17H16ClN7O. The molecule has 26 heavy (non-hydrogen) atoms. The number of nitrogens with two attached hydrogens (primary N) is 1. The standard InChI is InChI=1S/C17H16ClN7O/c1-3-25-12-8-11(9-5-4-6-10(19)7-9)21-15(18)13(12)22-17(25)14-16(20-2)24-26-23-14/h4-8H,3,19H2,1-2H3,(H,20,24). The zero-order valence-corrected chi connectivity index (χ0v) is 14.9. The normalized spacial score (nSPS) is 11.2. The number of nitrogens with one attached hydrogen (secondary N) is 1. The Labute approximate surface area is 154 Å². The Balaban J connectivity index is 1.97. The summed E-state index contributed by atoms with van der Waals surface area (Å²) < 4.78 is 6.84. The highest BCUT2D eigenvalue weighted by atomic mass is 35.5. The van der Waals surface area contributed by atoms with Crippen molar-refractivity contribution < 1.29 is 4.63 Å². The van der Waals surface area contributed by atoms with Crippen LogP contribution < -0.4 is 11.1 Å². The topological polar surface area (TPSA) is 108 Å². The Morgan fingerprint density at radius 2 is 2.08 bits per heavy atom. The average molecular weight is 370 g/mol. The molecule has 0 unspecified atom stereocenters. The lowest BCUT2D eigenvalue weighted by atomic mass is 10.1. The summed E-state index contributed by atoms with van der Waals surface area (Å²) in [5.74, 6) is 1.12. The van der Waals surface area contributed by atoms with Gasteiger partial charge < -0.3 is 15.6 Å². The molecule has 0 saturated carbocycles. The van der Waals surface area contributed by atoms with E-state index in [2.05, 4.69) is 25.6 Å². The first-order valence-electron chi connectivity index (χ1n) is 8.05. The number of fused-ring (bicyclic) bond motifs is 1. The number of aryl methyl sites for hydroxylation is 1.